The molecule has 8 aromatic carbocycles. The van der Waals surface area contributed by atoms with Crippen molar-refractivity contribution in [1.82, 2.24) is 9.13 Å². The van der Waals surface area contributed by atoms with Gasteiger partial charge in [0, 0.05) is 67.4 Å². The van der Waals surface area contributed by atoms with Crippen LogP contribution < -0.4 is 9.80 Å². The Morgan fingerprint density at radius 3 is 1.44 bits per heavy atom. The van der Waals surface area contributed by atoms with Crippen molar-refractivity contribution in [3.63, 3.8) is 0 Å². The van der Waals surface area contributed by atoms with Crippen LogP contribution in [0.15, 0.2) is 232 Å². The van der Waals surface area contributed by atoms with E-state index in [0.29, 0.717) is 0 Å². The van der Waals surface area contributed by atoms with Gasteiger partial charge < -0.3 is 18.9 Å². The van der Waals surface area contributed by atoms with E-state index in [1.807, 2.05) is 18.2 Å². The average Bonchev–Trinajstić information content (AvgIpc) is 3.79. The molecule has 4 heteroatoms. The molecule has 0 bridgehead atoms. The molecular weight excluding hydrogens is 753 g/mol. The van der Waals surface area contributed by atoms with Gasteiger partial charge >= 0.3 is 0 Å². The fraction of sp³-hybridized carbons (Fsp3) is 0.0345. The van der Waals surface area contributed by atoms with Crippen molar-refractivity contribution in [3.8, 4) is 16.8 Å². The summed E-state index contributed by atoms with van der Waals surface area (Å²) < 4.78 is 4.63. The number of aromatic nitrogens is 2. The van der Waals surface area contributed by atoms with Crippen molar-refractivity contribution in [2.24, 2.45) is 0 Å². The maximum atomic E-state index is 4.08. The van der Waals surface area contributed by atoms with E-state index < -0.39 is 0 Å². The SMILES string of the molecule is C=C/C=C(\C=C)n1c(C)c(C)c2cc(N(c3ccccc3)c3ccc(-c4ccc(N(c5ccccc5)c5ccc6c(c5)c5ccccc5n6-c5ccccc5)cc4)cc3)ccc21. The molecule has 298 valence electrons. The van der Waals surface area contributed by atoms with E-state index in [9.17, 15) is 0 Å². The van der Waals surface area contributed by atoms with Gasteiger partial charge in [0.05, 0.1) is 16.6 Å². The second kappa shape index (κ2) is 16.2. The summed E-state index contributed by atoms with van der Waals surface area (Å²) in [6.07, 6.45) is 5.71. The Morgan fingerprint density at radius 2 is 0.887 bits per heavy atom. The lowest BCUT2D eigenvalue weighted by molar-refractivity contribution is 1.08. The molecule has 0 aliphatic carbocycles. The lowest BCUT2D eigenvalue weighted by Gasteiger charge is -2.26. The molecule has 0 saturated carbocycles. The van der Waals surface area contributed by atoms with Gasteiger partial charge in [0.1, 0.15) is 0 Å². The number of para-hydroxylation sites is 4. The molecule has 2 aromatic heterocycles. The summed E-state index contributed by atoms with van der Waals surface area (Å²) in [6.45, 7) is 12.4. The van der Waals surface area contributed by atoms with Crippen molar-refractivity contribution in [2.75, 3.05) is 9.80 Å². The minimum atomic E-state index is 1.00. The quantitative estimate of drug-likeness (QED) is 0.121. The van der Waals surface area contributed by atoms with E-state index in [-0.39, 0.29) is 0 Å². The first-order valence-corrected chi connectivity index (χ1v) is 21.1. The molecular formula is C58H46N4. The van der Waals surface area contributed by atoms with Crippen LogP contribution in [0.3, 0.4) is 0 Å². The first-order chi connectivity index (χ1) is 30.5. The van der Waals surface area contributed by atoms with Gasteiger partial charge in [-0.15, -0.1) is 0 Å². The van der Waals surface area contributed by atoms with Crippen LogP contribution in [-0.2, 0) is 0 Å². The highest BCUT2D eigenvalue weighted by Crippen LogP contribution is 2.42. The number of aryl methyl sites for hydroxylation is 1. The third kappa shape index (κ3) is 6.68. The van der Waals surface area contributed by atoms with Gasteiger partial charge in [-0.25, -0.2) is 0 Å². The Labute approximate surface area is 363 Å². The summed E-state index contributed by atoms with van der Waals surface area (Å²) in [5.41, 5.74) is 17.0. The molecule has 0 amide bonds. The molecule has 4 nitrogen and oxygen atoms in total. The highest BCUT2D eigenvalue weighted by atomic mass is 15.1. The number of rotatable bonds is 11. The van der Waals surface area contributed by atoms with Gasteiger partial charge in [-0.1, -0.05) is 116 Å². The number of fused-ring (bicyclic) bond motifs is 4. The van der Waals surface area contributed by atoms with Crippen LogP contribution >= 0.6 is 0 Å². The van der Waals surface area contributed by atoms with Crippen LogP contribution in [0.1, 0.15) is 11.3 Å². The Morgan fingerprint density at radius 1 is 0.435 bits per heavy atom. The number of nitrogens with zero attached hydrogens (tertiary/aromatic N) is 4. The molecule has 10 aromatic rings. The molecule has 0 N–H and O–H groups in total. The van der Waals surface area contributed by atoms with Crippen LogP contribution in [0.5, 0.6) is 0 Å². The van der Waals surface area contributed by atoms with E-state index in [2.05, 4.69) is 246 Å². The second-order valence-corrected chi connectivity index (χ2v) is 15.6. The molecule has 0 fully saturated rings. The molecule has 0 aliphatic heterocycles. The van der Waals surface area contributed by atoms with Gasteiger partial charge in [0.15, 0.2) is 0 Å². The molecule has 2 heterocycles. The third-order valence-corrected chi connectivity index (χ3v) is 12.1. The number of hydrogen-bond donors (Lipinski definition) is 0. The van der Waals surface area contributed by atoms with E-state index in [4.69, 9.17) is 0 Å². The highest BCUT2D eigenvalue weighted by molar-refractivity contribution is 6.10. The van der Waals surface area contributed by atoms with Crippen molar-refractivity contribution in [3.05, 3.63) is 243 Å². The van der Waals surface area contributed by atoms with Crippen LogP contribution in [-0.4, -0.2) is 9.13 Å². The van der Waals surface area contributed by atoms with E-state index in [1.165, 1.54) is 38.4 Å². The number of anilines is 6. The van der Waals surface area contributed by atoms with E-state index in [1.54, 1.807) is 0 Å². The number of allylic oxidation sites excluding steroid dienone is 4. The summed E-state index contributed by atoms with van der Waals surface area (Å²) >= 11 is 0. The zero-order valence-corrected chi connectivity index (χ0v) is 35.0. The van der Waals surface area contributed by atoms with Gasteiger partial charge in [-0.2, -0.15) is 0 Å². The topological polar surface area (TPSA) is 16.3 Å². The molecule has 0 radical (unpaired) electrons. The number of hydrogen-bond acceptors (Lipinski definition) is 2. The molecule has 0 unspecified atom stereocenters. The Balaban J connectivity index is 1.00. The minimum absolute atomic E-state index is 1.00. The first-order valence-electron chi connectivity index (χ1n) is 21.1. The van der Waals surface area contributed by atoms with Gasteiger partial charge in [0.2, 0.25) is 0 Å². The Bertz CT molecular complexity index is 3260. The molecule has 0 aliphatic rings. The van der Waals surface area contributed by atoms with Crippen molar-refractivity contribution >= 4 is 72.5 Å². The zero-order chi connectivity index (χ0) is 42.2. The minimum Gasteiger partial charge on any atom is -0.314 e. The number of benzene rings is 8. The normalized spacial score (nSPS) is 11.6. The second-order valence-electron chi connectivity index (χ2n) is 15.6. The lowest BCUT2D eigenvalue weighted by atomic mass is 10.0. The highest BCUT2D eigenvalue weighted by Gasteiger charge is 2.20. The van der Waals surface area contributed by atoms with E-state index >= 15 is 0 Å². The van der Waals surface area contributed by atoms with Crippen molar-refractivity contribution in [2.45, 2.75) is 13.8 Å². The summed E-state index contributed by atoms with van der Waals surface area (Å²) in [7, 11) is 0. The van der Waals surface area contributed by atoms with Crippen LogP contribution in [0.25, 0.3) is 55.2 Å². The standard InChI is InChI=1S/C58H46N4/c1-5-18-45(6-2)59-42(4)41(3)54-39-51(35-37-57(54)59)60(46-19-10-7-11-20-46)49-31-27-43(28-32-49)44-29-33-50(34-30-44)61(47-21-12-8-13-22-47)52-36-38-58-55(40-52)53-25-16-17-26-56(53)62(58)48-23-14-9-15-24-48/h5-40H,1-2H2,3-4H3/b45-18+. The predicted octanol–water partition coefficient (Wildman–Crippen LogP) is 16.2. The van der Waals surface area contributed by atoms with Gasteiger partial charge in [0.25, 0.3) is 0 Å². The summed E-state index contributed by atoms with van der Waals surface area (Å²) in [5, 5.41) is 3.66. The molecule has 0 saturated heterocycles. The van der Waals surface area contributed by atoms with Crippen LogP contribution in [0.4, 0.5) is 34.1 Å². The van der Waals surface area contributed by atoms with Gasteiger partial charge in [-0.3, -0.25) is 0 Å². The van der Waals surface area contributed by atoms with Crippen LogP contribution in [0.2, 0.25) is 0 Å². The zero-order valence-electron chi connectivity index (χ0n) is 35.0. The lowest BCUT2D eigenvalue weighted by Crippen LogP contribution is -2.10. The smallest absolute Gasteiger partial charge is 0.0542 e. The summed E-state index contributed by atoms with van der Waals surface area (Å²) in [6, 6.07) is 72.0. The summed E-state index contributed by atoms with van der Waals surface area (Å²) in [5.74, 6) is 0. The Hall–Kier alpha value is -8.08. The monoisotopic (exact) mass is 798 g/mol. The molecule has 62 heavy (non-hydrogen) atoms. The fourth-order valence-corrected chi connectivity index (χ4v) is 9.00. The van der Waals surface area contributed by atoms with Crippen molar-refractivity contribution in [1.29, 1.82) is 0 Å². The Kier molecular flexibility index (Phi) is 9.95. The maximum absolute atomic E-state index is 4.08. The maximum Gasteiger partial charge on any atom is 0.0542 e. The molecule has 10 rings (SSSR count). The average molecular weight is 799 g/mol. The van der Waals surface area contributed by atoms with E-state index in [0.717, 1.165) is 62.2 Å². The summed E-state index contributed by atoms with van der Waals surface area (Å²) in [4.78, 5) is 4.68. The molecule has 0 spiro atoms. The largest absolute Gasteiger partial charge is 0.314 e. The molecule has 0 atom stereocenters. The predicted molar refractivity (Wildman–Crippen MR) is 265 cm³/mol. The first kappa shape index (κ1) is 38.1. The van der Waals surface area contributed by atoms with Crippen LogP contribution in [0, 0.1) is 13.8 Å². The fourth-order valence-electron chi connectivity index (χ4n) is 9.00. The van der Waals surface area contributed by atoms with Crippen molar-refractivity contribution < 1.29 is 0 Å². The third-order valence-electron chi connectivity index (χ3n) is 12.1. The van der Waals surface area contributed by atoms with Gasteiger partial charge in [-0.05, 0) is 146 Å².